The van der Waals surface area contributed by atoms with Crippen LogP contribution in [0.3, 0.4) is 0 Å². The molecule has 13 heteroatoms. The molecule has 0 fully saturated rings. The van der Waals surface area contributed by atoms with E-state index in [0.717, 1.165) is 39.3 Å². The van der Waals surface area contributed by atoms with Crippen LogP contribution in [-0.4, -0.2) is 99.6 Å². The molecule has 0 amide bonds. The molecule has 0 spiro atoms. The Balaban J connectivity index is 8.08. The van der Waals surface area contributed by atoms with Gasteiger partial charge in [0.05, 0.1) is 0 Å². The minimum Gasteiger partial charge on any atom is -0.314 e. The van der Waals surface area contributed by atoms with E-state index in [1.54, 1.807) is 0 Å². The Hall–Kier alpha value is 1.02. The molecule has 0 aromatic rings. The lowest BCUT2D eigenvalue weighted by Gasteiger charge is -2.60. The summed E-state index contributed by atoms with van der Waals surface area (Å²) in [5, 5.41) is 0. The fraction of sp³-hybridized carbons (Fsp3) is 1.00. The third kappa shape index (κ3) is 16.1. The number of hydrogen-bond donors (Lipinski definition) is 6. The summed E-state index contributed by atoms with van der Waals surface area (Å²) in [5.74, 6) is 3.71. The normalized spacial score (nSPS) is 14.0. The minimum atomic E-state index is -2.41. The van der Waals surface area contributed by atoms with Crippen LogP contribution in [0.4, 0.5) is 0 Å². The maximum atomic E-state index is 4.48. The molecule has 0 aliphatic heterocycles. The highest BCUT2D eigenvalue weighted by Crippen LogP contribution is 2.30. The quantitative estimate of drug-likeness (QED) is 0.0730. The molecule has 0 unspecified atom stereocenters. The first kappa shape index (κ1) is 44.0. The van der Waals surface area contributed by atoms with Gasteiger partial charge in [0, 0.05) is 30.7 Å². The first-order valence-electron chi connectivity index (χ1n) is 18.4. The molecule has 260 valence electrons. The molecule has 0 bridgehead atoms. The summed E-state index contributed by atoms with van der Waals surface area (Å²) in [7, 11) is -3.51. The molecule has 0 aromatic heterocycles. The largest absolute Gasteiger partial charge is 0.314 e. The van der Waals surface area contributed by atoms with Crippen molar-refractivity contribution in [2.75, 3.05) is 39.3 Å². The summed E-state index contributed by atoms with van der Waals surface area (Å²) in [6.07, 6.45) is 0. The summed E-state index contributed by atoms with van der Waals surface area (Å²) in [6.45, 7) is 35.2. The van der Waals surface area contributed by atoms with Crippen LogP contribution in [0.15, 0.2) is 0 Å². The summed E-state index contributed by atoms with van der Waals surface area (Å²) >= 11 is 0. The lowest BCUT2D eigenvalue weighted by molar-refractivity contribution is 0.502. The van der Waals surface area contributed by atoms with Gasteiger partial charge in [-0.15, -0.1) is 0 Å². The van der Waals surface area contributed by atoms with Gasteiger partial charge in [0.15, 0.2) is 0 Å². The predicted octanol–water partition coefficient (Wildman–Crippen LogP) is 1.93. The van der Waals surface area contributed by atoms with E-state index >= 15 is 0 Å². The second kappa shape index (κ2) is 22.6. The van der Waals surface area contributed by atoms with Gasteiger partial charge in [-0.1, -0.05) is 101 Å². The lowest BCUT2D eigenvalue weighted by Crippen LogP contribution is -2.96. The molecular weight excluding hydrogens is 627 g/mol. The molecule has 0 saturated carbocycles. The van der Waals surface area contributed by atoms with E-state index < -0.39 is 25.7 Å². The number of nitrogens with one attached hydrogen (secondary N) is 6. The zero-order valence-corrected chi connectivity index (χ0v) is 40.9. The standard InChI is InChI=1S/C30H81N7Si6/c1-25(2)19-31-41(16-13-38,32-20-26(3)4)37(42(17-14-39,33-21-27(5)6)34-22-28(7)8)43(18-15-40,35-23-29(9)10)36-24-30(11)12/h25-36H,13-24H2,1-12,38-40H3. The van der Waals surface area contributed by atoms with Gasteiger partial charge >= 0.3 is 0 Å². The van der Waals surface area contributed by atoms with Gasteiger partial charge in [0.25, 0.3) is 25.7 Å². The first-order valence-corrected chi connectivity index (χ1v) is 29.1. The van der Waals surface area contributed by atoms with Crippen molar-refractivity contribution in [3.63, 3.8) is 0 Å². The smallest absolute Gasteiger partial charge is 0.274 e. The molecule has 0 aromatic carbocycles. The third-order valence-corrected chi connectivity index (χ3v) is 29.9. The third-order valence-electron chi connectivity index (χ3n) is 7.80. The first-order chi connectivity index (χ1) is 20.0. The van der Waals surface area contributed by atoms with Gasteiger partial charge in [-0.05, 0) is 92.9 Å². The van der Waals surface area contributed by atoms with E-state index in [4.69, 9.17) is 0 Å². The van der Waals surface area contributed by atoms with Crippen LogP contribution in [0.25, 0.3) is 0 Å². The Bertz CT molecular complexity index is 572. The molecule has 0 heterocycles. The van der Waals surface area contributed by atoms with Crippen LogP contribution in [-0.2, 0) is 0 Å². The highest BCUT2D eigenvalue weighted by molar-refractivity contribution is 7.02. The van der Waals surface area contributed by atoms with Crippen molar-refractivity contribution in [3.05, 3.63) is 0 Å². The van der Waals surface area contributed by atoms with Crippen LogP contribution in [0.5, 0.6) is 0 Å². The van der Waals surface area contributed by atoms with Crippen LogP contribution < -0.4 is 29.9 Å². The molecule has 0 aliphatic carbocycles. The van der Waals surface area contributed by atoms with Crippen LogP contribution in [0.2, 0.25) is 36.3 Å². The zero-order valence-electron chi connectivity index (χ0n) is 31.9. The fourth-order valence-electron chi connectivity index (χ4n) is 5.83. The van der Waals surface area contributed by atoms with Gasteiger partial charge in [0.2, 0.25) is 0 Å². The molecule has 0 saturated heterocycles. The molecule has 0 atom stereocenters. The van der Waals surface area contributed by atoms with E-state index in [1.807, 2.05) is 0 Å². The molecular formula is C30H81N7Si6. The van der Waals surface area contributed by atoms with Crippen LogP contribution >= 0.6 is 0 Å². The second-order valence-corrected chi connectivity index (χ2v) is 30.3. The van der Waals surface area contributed by atoms with Crippen molar-refractivity contribution < 1.29 is 0 Å². The van der Waals surface area contributed by atoms with Crippen LogP contribution in [0, 0.1) is 35.5 Å². The molecule has 6 N–H and O–H groups in total. The maximum absolute atomic E-state index is 4.48. The molecule has 43 heavy (non-hydrogen) atoms. The minimum absolute atomic E-state index is 0.618. The van der Waals surface area contributed by atoms with Crippen molar-refractivity contribution in [3.8, 4) is 0 Å². The Morgan fingerprint density at radius 3 is 0.651 bits per heavy atom. The highest BCUT2D eigenvalue weighted by Gasteiger charge is 2.61. The second-order valence-electron chi connectivity index (χ2n) is 15.8. The predicted molar refractivity (Wildman–Crippen MR) is 215 cm³/mol. The Labute approximate surface area is 283 Å². The van der Waals surface area contributed by atoms with E-state index in [0.29, 0.717) is 35.5 Å². The van der Waals surface area contributed by atoms with E-state index in [9.17, 15) is 0 Å². The molecule has 0 radical (unpaired) electrons. The molecule has 0 aliphatic rings. The van der Waals surface area contributed by atoms with Gasteiger partial charge in [-0.2, -0.15) is 0 Å². The van der Waals surface area contributed by atoms with Gasteiger partial charge in [0.1, 0.15) is 0 Å². The van der Waals surface area contributed by atoms with Crippen molar-refractivity contribution >= 4 is 56.4 Å². The van der Waals surface area contributed by atoms with E-state index in [-0.39, 0.29) is 0 Å². The number of nitrogens with zero attached hydrogens (tertiary/aromatic N) is 1. The average Bonchev–Trinajstić information content (AvgIpc) is 2.90. The van der Waals surface area contributed by atoms with Gasteiger partial charge in [-0.25, -0.2) is 0 Å². The lowest BCUT2D eigenvalue weighted by atomic mass is 10.2. The Morgan fingerprint density at radius 2 is 0.535 bits per heavy atom. The van der Waals surface area contributed by atoms with Crippen molar-refractivity contribution in [1.29, 1.82) is 0 Å². The summed E-state index contributed by atoms with van der Waals surface area (Å²) < 4.78 is 3.32. The fourth-order valence-corrected chi connectivity index (χ4v) is 34.7. The summed E-state index contributed by atoms with van der Waals surface area (Å²) in [5.41, 5.74) is 0. The van der Waals surface area contributed by atoms with E-state index in [2.05, 4.69) is 117 Å². The monoisotopic (exact) mass is 708 g/mol. The number of hydrogen-bond acceptors (Lipinski definition) is 7. The summed E-state index contributed by atoms with van der Waals surface area (Å²) in [4.78, 5) is 26.9. The topological polar surface area (TPSA) is 75.4 Å². The molecule has 7 nitrogen and oxygen atoms in total. The molecule has 0 rings (SSSR count). The van der Waals surface area contributed by atoms with Gasteiger partial charge in [-0.3, -0.25) is 3.90 Å². The average molecular weight is 709 g/mol. The Morgan fingerprint density at radius 1 is 0.372 bits per heavy atom. The Kier molecular flexibility index (Phi) is 23.1. The van der Waals surface area contributed by atoms with Crippen LogP contribution in [0.1, 0.15) is 83.1 Å². The van der Waals surface area contributed by atoms with Gasteiger partial charge < -0.3 is 29.9 Å². The van der Waals surface area contributed by atoms with Crippen molar-refractivity contribution in [2.24, 2.45) is 35.5 Å². The maximum Gasteiger partial charge on any atom is 0.274 e. The number of rotatable bonds is 27. The van der Waals surface area contributed by atoms with Crippen molar-refractivity contribution in [2.45, 2.75) is 119 Å². The highest BCUT2D eigenvalue weighted by atomic mass is 28.5. The zero-order chi connectivity index (χ0) is 33.3. The van der Waals surface area contributed by atoms with Crippen molar-refractivity contribution in [1.82, 2.24) is 33.8 Å². The van der Waals surface area contributed by atoms with E-state index in [1.165, 1.54) is 67.0 Å². The SMILES string of the molecule is CC(C)CN[Si](CC[SiH3])(NCC(C)C)N([Si](CC[SiH3])(NCC(C)C)NCC(C)C)[Si](CC[SiH3])(NCC(C)C)NCC(C)C. The summed E-state index contributed by atoms with van der Waals surface area (Å²) in [6, 6.07) is 7.84.